The smallest absolute Gasteiger partial charge is 0.227 e. The fourth-order valence-corrected chi connectivity index (χ4v) is 2.28. The van der Waals surface area contributed by atoms with Crippen LogP contribution in [0.3, 0.4) is 0 Å². The van der Waals surface area contributed by atoms with Crippen LogP contribution in [0.15, 0.2) is 24.3 Å². The molecule has 0 spiro atoms. The summed E-state index contributed by atoms with van der Waals surface area (Å²) in [4.78, 5) is 16.0. The van der Waals surface area contributed by atoms with Gasteiger partial charge in [0.15, 0.2) is 0 Å². The third-order valence-electron chi connectivity index (χ3n) is 3.44. The number of aliphatic hydroxyl groups excluding tert-OH is 1. The van der Waals surface area contributed by atoms with Crippen LogP contribution in [-0.2, 0) is 11.2 Å². The number of hydrogen-bond acceptors (Lipinski definition) is 3. The highest BCUT2D eigenvalue weighted by Crippen LogP contribution is 2.10. The van der Waals surface area contributed by atoms with Crippen molar-refractivity contribution in [2.45, 2.75) is 6.42 Å². The van der Waals surface area contributed by atoms with Gasteiger partial charge < -0.3 is 10.0 Å². The largest absolute Gasteiger partial charge is 0.395 e. The highest BCUT2D eigenvalue weighted by Gasteiger charge is 2.21. The number of hydrogen-bond donors (Lipinski definition) is 1. The van der Waals surface area contributed by atoms with E-state index >= 15 is 0 Å². The first-order valence-corrected chi connectivity index (χ1v) is 6.55. The number of halogens is 1. The summed E-state index contributed by atoms with van der Waals surface area (Å²) in [5, 5.41) is 8.86. The van der Waals surface area contributed by atoms with E-state index in [1.807, 2.05) is 0 Å². The van der Waals surface area contributed by atoms with Gasteiger partial charge in [-0.05, 0) is 11.6 Å². The zero-order valence-electron chi connectivity index (χ0n) is 10.9. The van der Waals surface area contributed by atoms with Crippen LogP contribution < -0.4 is 0 Å². The van der Waals surface area contributed by atoms with Gasteiger partial charge in [0.25, 0.3) is 0 Å². The maximum atomic E-state index is 13.5. The first-order chi connectivity index (χ1) is 9.20. The molecule has 4 nitrogen and oxygen atoms in total. The molecule has 0 aliphatic carbocycles. The van der Waals surface area contributed by atoms with Gasteiger partial charge >= 0.3 is 0 Å². The van der Waals surface area contributed by atoms with Crippen LogP contribution in [0.2, 0.25) is 0 Å². The molecule has 1 aromatic rings. The lowest BCUT2D eigenvalue weighted by Gasteiger charge is -2.34. The van der Waals surface area contributed by atoms with Gasteiger partial charge in [-0.25, -0.2) is 4.39 Å². The molecular weight excluding hydrogens is 247 g/mol. The van der Waals surface area contributed by atoms with Crippen molar-refractivity contribution in [3.8, 4) is 0 Å². The van der Waals surface area contributed by atoms with Gasteiger partial charge in [0.2, 0.25) is 5.91 Å². The molecule has 0 saturated carbocycles. The summed E-state index contributed by atoms with van der Waals surface area (Å²) in [6.07, 6.45) is 0.118. The zero-order chi connectivity index (χ0) is 13.7. The lowest BCUT2D eigenvalue weighted by molar-refractivity contribution is -0.132. The maximum absolute atomic E-state index is 13.5. The lowest BCUT2D eigenvalue weighted by Crippen LogP contribution is -2.49. The van der Waals surface area contributed by atoms with E-state index in [1.54, 1.807) is 23.1 Å². The Hall–Kier alpha value is -1.46. The summed E-state index contributed by atoms with van der Waals surface area (Å²) in [7, 11) is 0. The molecule has 0 aromatic heterocycles. The predicted molar refractivity (Wildman–Crippen MR) is 70.2 cm³/mol. The number of piperazine rings is 1. The van der Waals surface area contributed by atoms with Gasteiger partial charge in [-0.2, -0.15) is 0 Å². The minimum atomic E-state index is -0.324. The average molecular weight is 266 g/mol. The molecule has 1 aromatic carbocycles. The molecule has 1 aliphatic heterocycles. The molecule has 1 fully saturated rings. The Morgan fingerprint density at radius 3 is 2.53 bits per heavy atom. The molecule has 1 aliphatic rings. The molecule has 19 heavy (non-hydrogen) atoms. The average Bonchev–Trinajstić information content (AvgIpc) is 2.42. The summed E-state index contributed by atoms with van der Waals surface area (Å²) in [5.74, 6) is -0.358. The fraction of sp³-hybridized carbons (Fsp3) is 0.500. The van der Waals surface area contributed by atoms with Crippen LogP contribution >= 0.6 is 0 Å². The summed E-state index contributed by atoms with van der Waals surface area (Å²) in [5.41, 5.74) is 0.449. The highest BCUT2D eigenvalue weighted by molar-refractivity contribution is 5.78. The van der Waals surface area contributed by atoms with E-state index in [2.05, 4.69) is 4.90 Å². The van der Waals surface area contributed by atoms with E-state index in [-0.39, 0.29) is 24.8 Å². The van der Waals surface area contributed by atoms with Gasteiger partial charge in [0, 0.05) is 32.7 Å². The van der Waals surface area contributed by atoms with Gasteiger partial charge in [-0.1, -0.05) is 18.2 Å². The molecule has 1 saturated heterocycles. The monoisotopic (exact) mass is 266 g/mol. The van der Waals surface area contributed by atoms with Crippen molar-refractivity contribution in [3.63, 3.8) is 0 Å². The Bertz CT molecular complexity index is 431. The molecule has 5 heteroatoms. The topological polar surface area (TPSA) is 43.8 Å². The van der Waals surface area contributed by atoms with E-state index in [0.29, 0.717) is 25.2 Å². The van der Waals surface area contributed by atoms with Crippen LogP contribution in [0.1, 0.15) is 5.56 Å². The van der Waals surface area contributed by atoms with Gasteiger partial charge in [-0.3, -0.25) is 9.69 Å². The number of rotatable bonds is 4. The van der Waals surface area contributed by atoms with Crippen molar-refractivity contribution >= 4 is 5.91 Å². The van der Waals surface area contributed by atoms with E-state index in [4.69, 9.17) is 5.11 Å². The van der Waals surface area contributed by atoms with Crippen molar-refractivity contribution in [1.29, 1.82) is 0 Å². The number of carbonyl (C=O) groups excluding carboxylic acids is 1. The minimum Gasteiger partial charge on any atom is -0.395 e. The second-order valence-corrected chi connectivity index (χ2v) is 4.71. The molecule has 1 amide bonds. The Balaban J connectivity index is 1.87. The predicted octanol–water partition coefficient (Wildman–Crippen LogP) is 0.505. The first kappa shape index (κ1) is 14.0. The number of amides is 1. The van der Waals surface area contributed by atoms with Gasteiger partial charge in [0.05, 0.1) is 13.0 Å². The Labute approximate surface area is 112 Å². The first-order valence-electron chi connectivity index (χ1n) is 6.55. The van der Waals surface area contributed by atoms with Crippen LogP contribution in [0.5, 0.6) is 0 Å². The van der Waals surface area contributed by atoms with Crippen molar-refractivity contribution in [2.75, 3.05) is 39.3 Å². The number of aliphatic hydroxyl groups is 1. The van der Waals surface area contributed by atoms with Crippen molar-refractivity contribution < 1.29 is 14.3 Å². The summed E-state index contributed by atoms with van der Waals surface area (Å²) < 4.78 is 13.5. The normalized spacial score (nSPS) is 16.6. The van der Waals surface area contributed by atoms with Crippen molar-refractivity contribution in [2.24, 2.45) is 0 Å². The second-order valence-electron chi connectivity index (χ2n) is 4.71. The Morgan fingerprint density at radius 2 is 1.89 bits per heavy atom. The fourth-order valence-electron chi connectivity index (χ4n) is 2.28. The molecule has 0 unspecified atom stereocenters. The Morgan fingerprint density at radius 1 is 1.21 bits per heavy atom. The van der Waals surface area contributed by atoms with Crippen LogP contribution in [0.4, 0.5) is 4.39 Å². The molecule has 2 rings (SSSR count). The van der Waals surface area contributed by atoms with E-state index in [1.165, 1.54) is 6.07 Å². The minimum absolute atomic E-state index is 0.0336. The SMILES string of the molecule is O=C(Cc1ccccc1F)N1CCN(CCO)CC1. The Kier molecular flexibility index (Phi) is 4.87. The maximum Gasteiger partial charge on any atom is 0.227 e. The standard InChI is InChI=1S/C14H19FN2O2/c15-13-4-2-1-3-12(13)11-14(19)17-7-5-16(6-8-17)9-10-18/h1-4,18H,5-11H2. The number of β-amino-alcohol motifs (C(OH)–C–C–N with tert-alkyl or cyclic N) is 1. The molecule has 1 N–H and O–H groups in total. The van der Waals surface area contributed by atoms with Crippen molar-refractivity contribution in [1.82, 2.24) is 9.80 Å². The zero-order valence-corrected chi connectivity index (χ0v) is 10.9. The number of carbonyl (C=O) groups is 1. The summed E-state index contributed by atoms with van der Waals surface area (Å²) in [6.45, 7) is 3.62. The molecule has 104 valence electrons. The van der Waals surface area contributed by atoms with Gasteiger partial charge in [-0.15, -0.1) is 0 Å². The third kappa shape index (κ3) is 3.75. The number of benzene rings is 1. The quantitative estimate of drug-likeness (QED) is 0.863. The second kappa shape index (κ2) is 6.63. The summed E-state index contributed by atoms with van der Waals surface area (Å²) >= 11 is 0. The molecular formula is C14H19FN2O2. The van der Waals surface area contributed by atoms with E-state index in [9.17, 15) is 9.18 Å². The molecule has 0 atom stereocenters. The van der Waals surface area contributed by atoms with Crippen LogP contribution in [-0.4, -0.2) is 60.1 Å². The van der Waals surface area contributed by atoms with E-state index in [0.717, 1.165) is 13.1 Å². The lowest BCUT2D eigenvalue weighted by atomic mass is 10.1. The van der Waals surface area contributed by atoms with Crippen LogP contribution in [0, 0.1) is 5.82 Å². The van der Waals surface area contributed by atoms with Crippen LogP contribution in [0.25, 0.3) is 0 Å². The summed E-state index contributed by atoms with van der Waals surface area (Å²) in [6, 6.07) is 6.39. The molecule has 1 heterocycles. The van der Waals surface area contributed by atoms with Crippen molar-refractivity contribution in [3.05, 3.63) is 35.6 Å². The molecule has 0 bridgehead atoms. The van der Waals surface area contributed by atoms with E-state index < -0.39 is 0 Å². The third-order valence-corrected chi connectivity index (χ3v) is 3.44. The number of nitrogens with zero attached hydrogens (tertiary/aromatic N) is 2. The molecule has 0 radical (unpaired) electrons. The van der Waals surface area contributed by atoms with Gasteiger partial charge in [0.1, 0.15) is 5.82 Å². The highest BCUT2D eigenvalue weighted by atomic mass is 19.1.